The number of aliphatic hydroxyl groups is 1. The van der Waals surface area contributed by atoms with Crippen LogP contribution in [-0.4, -0.2) is 35.2 Å². The summed E-state index contributed by atoms with van der Waals surface area (Å²) in [7, 11) is 0. The smallest absolute Gasteiger partial charge is 0.0558 e. The van der Waals surface area contributed by atoms with Crippen LogP contribution in [0.15, 0.2) is 24.3 Å². The first kappa shape index (κ1) is 14.8. The Balaban J connectivity index is 2.28. The number of nitrogens with two attached hydrogens (primary N) is 1. The average molecular weight is 283 g/mol. The minimum Gasteiger partial charge on any atom is -0.395 e. The molecular formula is C15H23ClN2O. The molecule has 0 saturated heterocycles. The molecule has 106 valence electrons. The van der Waals surface area contributed by atoms with Gasteiger partial charge < -0.3 is 10.8 Å². The molecule has 2 atom stereocenters. The molecule has 4 heteroatoms. The van der Waals surface area contributed by atoms with Crippen LogP contribution in [0.5, 0.6) is 0 Å². The van der Waals surface area contributed by atoms with Crippen molar-refractivity contribution < 1.29 is 5.11 Å². The molecule has 2 rings (SSSR count). The van der Waals surface area contributed by atoms with E-state index in [1.54, 1.807) is 0 Å². The molecule has 0 radical (unpaired) electrons. The monoisotopic (exact) mass is 282 g/mol. The lowest BCUT2D eigenvalue weighted by Gasteiger charge is -2.35. The highest BCUT2D eigenvalue weighted by Crippen LogP contribution is 2.36. The molecule has 2 unspecified atom stereocenters. The van der Waals surface area contributed by atoms with Crippen molar-refractivity contribution in [2.45, 2.75) is 44.3 Å². The van der Waals surface area contributed by atoms with Crippen LogP contribution in [0.1, 0.15) is 37.8 Å². The van der Waals surface area contributed by atoms with Crippen molar-refractivity contribution in [1.82, 2.24) is 4.90 Å². The normalized spacial score (nSPS) is 18.6. The summed E-state index contributed by atoms with van der Waals surface area (Å²) in [5, 5.41) is 10.1. The molecule has 0 bridgehead atoms. The van der Waals surface area contributed by atoms with E-state index in [0.717, 1.165) is 17.0 Å². The standard InChI is InChI=1S/C15H23ClN2O/c1-2-14(17)15(11-4-3-5-12(16)10-11)18(8-9-19)13-6-7-13/h3-5,10,13-15,19H,2,6-9,17H2,1H3. The van der Waals surface area contributed by atoms with Crippen molar-refractivity contribution in [2.24, 2.45) is 5.73 Å². The lowest BCUT2D eigenvalue weighted by molar-refractivity contribution is 0.124. The maximum Gasteiger partial charge on any atom is 0.0558 e. The number of nitrogens with zero attached hydrogens (tertiary/aromatic N) is 1. The van der Waals surface area contributed by atoms with Crippen LogP contribution in [0.4, 0.5) is 0 Å². The summed E-state index contributed by atoms with van der Waals surface area (Å²) in [5.74, 6) is 0. The Hall–Kier alpha value is -0.610. The van der Waals surface area contributed by atoms with Crippen LogP contribution in [-0.2, 0) is 0 Å². The zero-order valence-corrected chi connectivity index (χ0v) is 12.2. The van der Waals surface area contributed by atoms with Gasteiger partial charge in [0, 0.05) is 23.7 Å². The van der Waals surface area contributed by atoms with Crippen molar-refractivity contribution in [1.29, 1.82) is 0 Å². The summed E-state index contributed by atoms with van der Waals surface area (Å²) < 4.78 is 0. The Labute approximate surface area is 120 Å². The van der Waals surface area contributed by atoms with E-state index in [2.05, 4.69) is 17.9 Å². The third-order valence-corrected chi connectivity index (χ3v) is 4.03. The molecule has 1 saturated carbocycles. The van der Waals surface area contributed by atoms with E-state index in [-0.39, 0.29) is 18.7 Å². The largest absolute Gasteiger partial charge is 0.395 e. The van der Waals surface area contributed by atoms with Crippen LogP contribution in [0.2, 0.25) is 5.02 Å². The molecule has 0 spiro atoms. The highest BCUT2D eigenvalue weighted by molar-refractivity contribution is 6.30. The highest BCUT2D eigenvalue weighted by Gasteiger charge is 2.36. The summed E-state index contributed by atoms with van der Waals surface area (Å²) in [4.78, 5) is 2.35. The molecule has 3 N–H and O–H groups in total. The Kier molecular flexibility index (Phi) is 5.22. The Morgan fingerprint density at radius 2 is 2.21 bits per heavy atom. The lowest BCUT2D eigenvalue weighted by Crippen LogP contribution is -2.43. The van der Waals surface area contributed by atoms with Gasteiger partial charge in [0.2, 0.25) is 0 Å². The fourth-order valence-corrected chi connectivity index (χ4v) is 2.87. The van der Waals surface area contributed by atoms with Crippen molar-refractivity contribution in [3.05, 3.63) is 34.9 Å². The first-order valence-electron chi connectivity index (χ1n) is 7.05. The number of halogens is 1. The van der Waals surface area contributed by atoms with Crippen molar-refractivity contribution >= 4 is 11.6 Å². The molecular weight excluding hydrogens is 260 g/mol. The van der Waals surface area contributed by atoms with E-state index in [9.17, 15) is 5.11 Å². The molecule has 3 nitrogen and oxygen atoms in total. The van der Waals surface area contributed by atoms with Crippen molar-refractivity contribution in [3.63, 3.8) is 0 Å². The zero-order chi connectivity index (χ0) is 13.8. The average Bonchev–Trinajstić information content (AvgIpc) is 3.22. The van der Waals surface area contributed by atoms with Crippen LogP contribution in [0.25, 0.3) is 0 Å². The molecule has 19 heavy (non-hydrogen) atoms. The first-order chi connectivity index (χ1) is 9.17. The van der Waals surface area contributed by atoms with E-state index in [1.807, 2.05) is 18.2 Å². The van der Waals surface area contributed by atoms with Crippen LogP contribution < -0.4 is 5.73 Å². The Morgan fingerprint density at radius 3 is 2.74 bits per heavy atom. The van der Waals surface area contributed by atoms with Gasteiger partial charge in [0.1, 0.15) is 0 Å². The maximum absolute atomic E-state index is 9.31. The fourth-order valence-electron chi connectivity index (χ4n) is 2.67. The van der Waals surface area contributed by atoms with Gasteiger partial charge in [-0.2, -0.15) is 0 Å². The van der Waals surface area contributed by atoms with Crippen molar-refractivity contribution in [2.75, 3.05) is 13.2 Å². The maximum atomic E-state index is 9.31. The van der Waals surface area contributed by atoms with Gasteiger partial charge in [0.05, 0.1) is 12.6 Å². The summed E-state index contributed by atoms with van der Waals surface area (Å²) in [6.45, 7) is 2.95. The van der Waals surface area contributed by atoms with Gasteiger partial charge in [-0.25, -0.2) is 0 Å². The van der Waals surface area contributed by atoms with E-state index in [0.29, 0.717) is 12.6 Å². The summed E-state index contributed by atoms with van der Waals surface area (Å²) in [5.41, 5.74) is 7.48. The van der Waals surface area contributed by atoms with Crippen LogP contribution in [0, 0.1) is 0 Å². The molecule has 1 aliphatic rings. The number of aliphatic hydroxyl groups excluding tert-OH is 1. The summed E-state index contributed by atoms with van der Waals surface area (Å²) >= 11 is 6.11. The first-order valence-corrected chi connectivity index (χ1v) is 7.42. The van der Waals surface area contributed by atoms with Gasteiger partial charge in [-0.05, 0) is 37.0 Å². The predicted molar refractivity (Wildman–Crippen MR) is 79.3 cm³/mol. The van der Waals surface area contributed by atoms with Crippen LogP contribution in [0.3, 0.4) is 0 Å². The number of rotatable bonds is 7. The minimum absolute atomic E-state index is 0.0608. The van der Waals surface area contributed by atoms with Gasteiger partial charge in [0.25, 0.3) is 0 Å². The number of benzene rings is 1. The molecule has 1 aromatic rings. The summed E-state index contributed by atoms with van der Waals surface area (Å²) in [6, 6.07) is 8.69. The lowest BCUT2D eigenvalue weighted by atomic mass is 9.96. The molecule has 0 amide bonds. The van der Waals surface area contributed by atoms with Gasteiger partial charge in [-0.15, -0.1) is 0 Å². The molecule has 1 aromatic carbocycles. The number of hydrogen-bond acceptors (Lipinski definition) is 3. The second-order valence-electron chi connectivity index (χ2n) is 5.26. The highest BCUT2D eigenvalue weighted by atomic mass is 35.5. The second kappa shape index (κ2) is 6.71. The van der Waals surface area contributed by atoms with Gasteiger partial charge >= 0.3 is 0 Å². The van der Waals surface area contributed by atoms with E-state index < -0.39 is 0 Å². The van der Waals surface area contributed by atoms with Gasteiger partial charge in [-0.1, -0.05) is 30.7 Å². The third kappa shape index (κ3) is 3.69. The number of hydrogen-bond donors (Lipinski definition) is 2. The zero-order valence-electron chi connectivity index (χ0n) is 11.4. The third-order valence-electron chi connectivity index (χ3n) is 3.80. The second-order valence-corrected chi connectivity index (χ2v) is 5.70. The van der Waals surface area contributed by atoms with Gasteiger partial charge in [0.15, 0.2) is 0 Å². The van der Waals surface area contributed by atoms with Gasteiger partial charge in [-0.3, -0.25) is 4.90 Å². The molecule has 0 aliphatic heterocycles. The van der Waals surface area contributed by atoms with E-state index in [4.69, 9.17) is 17.3 Å². The molecule has 1 fully saturated rings. The quantitative estimate of drug-likeness (QED) is 0.808. The SMILES string of the molecule is CCC(N)C(c1cccc(Cl)c1)N(CCO)C1CC1. The van der Waals surface area contributed by atoms with Crippen LogP contribution >= 0.6 is 11.6 Å². The van der Waals surface area contributed by atoms with E-state index in [1.165, 1.54) is 12.8 Å². The molecule has 1 aliphatic carbocycles. The predicted octanol–water partition coefficient (Wildman–Crippen LogP) is 2.58. The van der Waals surface area contributed by atoms with Crippen molar-refractivity contribution in [3.8, 4) is 0 Å². The fraction of sp³-hybridized carbons (Fsp3) is 0.600. The molecule has 0 heterocycles. The summed E-state index contributed by atoms with van der Waals surface area (Å²) in [6.07, 6.45) is 3.31. The topological polar surface area (TPSA) is 49.5 Å². The Bertz CT molecular complexity index is 409. The molecule has 0 aromatic heterocycles. The minimum atomic E-state index is 0.0608. The Morgan fingerprint density at radius 1 is 1.47 bits per heavy atom. The van der Waals surface area contributed by atoms with E-state index >= 15 is 0 Å².